The average Bonchev–Trinajstić information content (AvgIpc) is 3.24. The smallest absolute Gasteiger partial charge is 0.330 e. The van der Waals surface area contributed by atoms with Gasteiger partial charge in [0, 0.05) is 18.8 Å². The third-order valence-corrected chi connectivity index (χ3v) is 6.93. The van der Waals surface area contributed by atoms with E-state index < -0.39 is 4.87 Å². The zero-order chi connectivity index (χ0) is 22.6. The molecule has 6 nitrogen and oxygen atoms in total. The summed E-state index contributed by atoms with van der Waals surface area (Å²) in [7, 11) is 1.73. The number of pyridine rings is 1. The monoisotopic (exact) mass is 445 g/mol. The van der Waals surface area contributed by atoms with Crippen LogP contribution in [0.3, 0.4) is 0 Å². The van der Waals surface area contributed by atoms with Crippen LogP contribution in [0.5, 0.6) is 0 Å². The Balaban J connectivity index is 1.82. The molecule has 0 radical (unpaired) electrons. The van der Waals surface area contributed by atoms with E-state index in [-0.39, 0.29) is 6.03 Å². The highest BCUT2D eigenvalue weighted by Crippen LogP contribution is 2.50. The second-order valence-electron chi connectivity index (χ2n) is 7.76. The number of aromatic nitrogens is 1. The molecule has 164 valence electrons. The number of amides is 2. The van der Waals surface area contributed by atoms with E-state index in [1.807, 2.05) is 48.5 Å². The van der Waals surface area contributed by atoms with Crippen molar-refractivity contribution in [1.82, 2.24) is 9.99 Å². The summed E-state index contributed by atoms with van der Waals surface area (Å²) in [6, 6.07) is 23.6. The minimum Gasteiger partial charge on any atom is -0.330 e. The van der Waals surface area contributed by atoms with Crippen LogP contribution in [-0.2, 0) is 4.87 Å². The second-order valence-corrected chi connectivity index (χ2v) is 9.03. The number of thioether (sulfide) groups is 1. The van der Waals surface area contributed by atoms with Crippen molar-refractivity contribution in [3.63, 3.8) is 0 Å². The summed E-state index contributed by atoms with van der Waals surface area (Å²) < 4.78 is 0. The minimum atomic E-state index is -0.695. The molecule has 1 aliphatic heterocycles. The van der Waals surface area contributed by atoms with Gasteiger partial charge in [-0.2, -0.15) is 10.1 Å². The van der Waals surface area contributed by atoms with Crippen LogP contribution in [0.2, 0.25) is 0 Å². The molecule has 0 aliphatic carbocycles. The van der Waals surface area contributed by atoms with Crippen molar-refractivity contribution < 1.29 is 4.79 Å². The largest absolute Gasteiger partial charge is 0.347 e. The number of rotatable bonds is 6. The number of hydrazone groups is 1. The fourth-order valence-corrected chi connectivity index (χ4v) is 5.20. The molecule has 4 rings (SSSR count). The maximum Gasteiger partial charge on any atom is 0.347 e. The maximum atomic E-state index is 13.8. The molecule has 0 bridgehead atoms. The molecular formula is C25H27N5OS. The first-order chi connectivity index (χ1) is 15.5. The Morgan fingerprint density at radius 2 is 1.88 bits per heavy atom. The van der Waals surface area contributed by atoms with E-state index in [0.717, 1.165) is 28.2 Å². The molecule has 0 saturated heterocycles. The zero-order valence-electron chi connectivity index (χ0n) is 18.3. The Morgan fingerprint density at radius 3 is 2.56 bits per heavy atom. The minimum absolute atomic E-state index is 0.236. The molecule has 3 aromatic rings. The van der Waals surface area contributed by atoms with Crippen LogP contribution < -0.4 is 10.6 Å². The highest BCUT2D eigenvalue weighted by Gasteiger charge is 2.49. The van der Waals surface area contributed by atoms with Crippen molar-refractivity contribution in [2.45, 2.75) is 24.6 Å². The lowest BCUT2D eigenvalue weighted by Gasteiger charge is -2.37. The molecule has 2 N–H and O–H groups in total. The third kappa shape index (κ3) is 4.26. The van der Waals surface area contributed by atoms with Crippen molar-refractivity contribution in [2.24, 2.45) is 10.8 Å². The van der Waals surface area contributed by atoms with Crippen LogP contribution in [0.25, 0.3) is 0 Å². The molecule has 0 fully saturated rings. The summed E-state index contributed by atoms with van der Waals surface area (Å²) in [6.45, 7) is 2.59. The standard InChI is InChI=1S/C25H27N5OS/c1-19-10-8-11-20(18-19)23-28-30(24(31)29(2)22-14-6-7-17-27-22)25(32-23,15-9-16-26)21-12-4-3-5-13-21/h3-8,10-14,17-18H,9,15-16,26H2,1-2H3. The Morgan fingerprint density at radius 1 is 1.09 bits per heavy atom. The molecular weight excluding hydrogens is 418 g/mol. The Bertz CT molecular complexity index is 1110. The first-order valence-electron chi connectivity index (χ1n) is 10.6. The van der Waals surface area contributed by atoms with Gasteiger partial charge in [0.15, 0.2) is 0 Å². The third-order valence-electron chi connectivity index (χ3n) is 5.47. The summed E-state index contributed by atoms with van der Waals surface area (Å²) >= 11 is 1.61. The number of hydrogen-bond donors (Lipinski definition) is 1. The van der Waals surface area contributed by atoms with Crippen LogP contribution in [0.15, 0.2) is 84.1 Å². The van der Waals surface area contributed by atoms with Gasteiger partial charge in [-0.1, -0.05) is 71.9 Å². The predicted molar refractivity (Wildman–Crippen MR) is 132 cm³/mol. The van der Waals surface area contributed by atoms with Crippen molar-refractivity contribution in [3.8, 4) is 0 Å². The van der Waals surface area contributed by atoms with Crippen molar-refractivity contribution in [3.05, 3.63) is 95.7 Å². The van der Waals surface area contributed by atoms with Gasteiger partial charge >= 0.3 is 6.03 Å². The molecule has 1 unspecified atom stereocenters. The second kappa shape index (κ2) is 9.54. The number of nitrogens with two attached hydrogens (primary N) is 1. The van der Waals surface area contributed by atoms with Crippen LogP contribution in [0.1, 0.15) is 29.5 Å². The van der Waals surface area contributed by atoms with Gasteiger partial charge in [0.05, 0.1) is 0 Å². The number of nitrogens with zero attached hydrogens (tertiary/aromatic N) is 4. The zero-order valence-corrected chi connectivity index (χ0v) is 19.1. The van der Waals surface area contributed by atoms with E-state index in [2.05, 4.69) is 36.2 Å². The van der Waals surface area contributed by atoms with E-state index in [9.17, 15) is 4.79 Å². The summed E-state index contributed by atoms with van der Waals surface area (Å²) in [5.41, 5.74) is 9.08. The summed E-state index contributed by atoms with van der Waals surface area (Å²) in [4.78, 5) is 19.0. The summed E-state index contributed by atoms with van der Waals surface area (Å²) in [5.74, 6) is 0.572. The molecule has 2 amide bonds. The van der Waals surface area contributed by atoms with Gasteiger partial charge in [0.1, 0.15) is 15.7 Å². The van der Waals surface area contributed by atoms with E-state index >= 15 is 0 Å². The number of anilines is 1. The van der Waals surface area contributed by atoms with Gasteiger partial charge < -0.3 is 5.73 Å². The topological polar surface area (TPSA) is 74.8 Å². The lowest BCUT2D eigenvalue weighted by atomic mass is 10.0. The lowest BCUT2D eigenvalue weighted by molar-refractivity contribution is 0.170. The first-order valence-corrected chi connectivity index (χ1v) is 11.5. The Labute approximate surface area is 193 Å². The van der Waals surface area contributed by atoms with Crippen LogP contribution in [-0.4, -0.2) is 34.7 Å². The van der Waals surface area contributed by atoms with Crippen molar-refractivity contribution in [1.29, 1.82) is 0 Å². The van der Waals surface area contributed by atoms with Crippen LogP contribution >= 0.6 is 11.8 Å². The molecule has 32 heavy (non-hydrogen) atoms. The average molecular weight is 446 g/mol. The molecule has 1 atom stereocenters. The molecule has 0 saturated carbocycles. The number of urea groups is 1. The fraction of sp³-hybridized carbons (Fsp3) is 0.240. The maximum absolute atomic E-state index is 13.8. The van der Waals surface area contributed by atoms with Gasteiger partial charge in [-0.3, -0.25) is 4.90 Å². The summed E-state index contributed by atoms with van der Waals surface area (Å²) in [6.07, 6.45) is 3.12. The Kier molecular flexibility index (Phi) is 6.58. The SMILES string of the molecule is Cc1cccc(C2=NN(C(=O)N(C)c3ccccn3)C(CCCN)(c3ccccc3)S2)c1. The highest BCUT2D eigenvalue weighted by atomic mass is 32.2. The van der Waals surface area contributed by atoms with Crippen molar-refractivity contribution in [2.75, 3.05) is 18.5 Å². The first kappa shape index (κ1) is 22.0. The van der Waals surface area contributed by atoms with Gasteiger partial charge in [-0.05, 0) is 50.1 Å². The van der Waals surface area contributed by atoms with Gasteiger partial charge in [-0.25, -0.2) is 9.78 Å². The number of carbonyl (C=O) groups excluding carboxylic acids is 1. The van der Waals surface area contributed by atoms with E-state index in [4.69, 9.17) is 10.8 Å². The van der Waals surface area contributed by atoms with E-state index in [0.29, 0.717) is 18.8 Å². The molecule has 7 heteroatoms. The quantitative estimate of drug-likeness (QED) is 0.583. The fourth-order valence-electron chi connectivity index (χ4n) is 3.80. The van der Waals surface area contributed by atoms with Gasteiger partial charge in [0.25, 0.3) is 0 Å². The van der Waals surface area contributed by atoms with Crippen LogP contribution in [0.4, 0.5) is 10.6 Å². The predicted octanol–water partition coefficient (Wildman–Crippen LogP) is 4.95. The van der Waals surface area contributed by atoms with Gasteiger partial charge in [0.2, 0.25) is 0 Å². The molecule has 1 aliphatic rings. The van der Waals surface area contributed by atoms with Crippen LogP contribution in [0, 0.1) is 6.92 Å². The molecule has 2 aromatic carbocycles. The number of benzene rings is 2. The Hall–Kier alpha value is -3.16. The molecule has 0 spiro atoms. The van der Waals surface area contributed by atoms with E-state index in [1.54, 1.807) is 34.9 Å². The normalized spacial score (nSPS) is 17.8. The van der Waals surface area contributed by atoms with Crippen molar-refractivity contribution >= 4 is 28.7 Å². The van der Waals surface area contributed by atoms with E-state index in [1.165, 1.54) is 0 Å². The molecule has 2 heterocycles. The van der Waals surface area contributed by atoms with Gasteiger partial charge in [-0.15, -0.1) is 0 Å². The number of hydrogen-bond acceptors (Lipinski definition) is 5. The molecule has 1 aromatic heterocycles. The highest BCUT2D eigenvalue weighted by molar-refractivity contribution is 8.15. The lowest BCUT2D eigenvalue weighted by Crippen LogP contribution is -2.47. The number of aryl methyl sites for hydroxylation is 1. The number of carbonyl (C=O) groups is 1. The summed E-state index contributed by atoms with van der Waals surface area (Å²) in [5, 5.41) is 7.32.